The Hall–Kier alpha value is -1.26. The van der Waals surface area contributed by atoms with Crippen LogP contribution in [0, 0.1) is 0 Å². The summed E-state index contributed by atoms with van der Waals surface area (Å²) in [6.07, 6.45) is -0.404. The fourth-order valence-corrected chi connectivity index (χ4v) is 2.07. The number of carbonyl (C=O) groups is 1. The molecule has 0 saturated carbocycles. The van der Waals surface area contributed by atoms with Crippen LogP contribution in [0.15, 0.2) is 24.3 Å². The Balaban J connectivity index is 2.27. The highest BCUT2D eigenvalue weighted by molar-refractivity contribution is 6.31. The molecule has 1 unspecified atom stereocenters. The van der Waals surface area contributed by atoms with E-state index in [0.29, 0.717) is 5.02 Å². The number of rotatable bonds is 3. The zero-order valence-corrected chi connectivity index (χ0v) is 9.35. The van der Waals surface area contributed by atoms with Gasteiger partial charge in [0.1, 0.15) is 6.61 Å². The maximum atomic E-state index is 11.4. The van der Waals surface area contributed by atoms with Crippen molar-refractivity contribution in [3.05, 3.63) is 34.9 Å². The molecule has 5 heteroatoms. The van der Waals surface area contributed by atoms with Crippen LogP contribution in [0.3, 0.4) is 0 Å². The number of nitrogens with zero attached hydrogens (tertiary/aromatic N) is 1. The van der Waals surface area contributed by atoms with Crippen molar-refractivity contribution in [1.82, 2.24) is 4.90 Å². The van der Waals surface area contributed by atoms with Gasteiger partial charge in [-0.2, -0.15) is 0 Å². The third kappa shape index (κ3) is 1.99. The van der Waals surface area contributed by atoms with Crippen LogP contribution in [0.2, 0.25) is 5.02 Å². The number of amides is 1. The van der Waals surface area contributed by atoms with Crippen molar-refractivity contribution < 1.29 is 14.6 Å². The summed E-state index contributed by atoms with van der Waals surface area (Å²) >= 11 is 6.06. The fourth-order valence-electron chi connectivity index (χ4n) is 1.81. The highest BCUT2D eigenvalue weighted by Crippen LogP contribution is 2.31. The molecule has 1 N–H and O–H groups in total. The minimum Gasteiger partial charge on any atom is -0.447 e. The number of hydrogen-bond acceptors (Lipinski definition) is 3. The van der Waals surface area contributed by atoms with Gasteiger partial charge in [0.05, 0.1) is 12.6 Å². The van der Waals surface area contributed by atoms with E-state index in [0.717, 1.165) is 5.56 Å². The Bertz CT molecular complexity index is 397. The number of hydrogen-bond donors (Lipinski definition) is 1. The molecular weight excluding hydrogens is 230 g/mol. The summed E-state index contributed by atoms with van der Waals surface area (Å²) < 4.78 is 4.96. The van der Waals surface area contributed by atoms with Gasteiger partial charge < -0.3 is 9.84 Å². The summed E-state index contributed by atoms with van der Waals surface area (Å²) in [6, 6.07) is 7.13. The van der Waals surface area contributed by atoms with Gasteiger partial charge in [-0.25, -0.2) is 4.79 Å². The maximum Gasteiger partial charge on any atom is 0.410 e. The summed E-state index contributed by atoms with van der Waals surface area (Å²) in [7, 11) is 0. The molecular formula is C11H12ClNO3. The minimum atomic E-state index is -0.404. The summed E-state index contributed by atoms with van der Waals surface area (Å²) in [5.74, 6) is 0. The first-order valence-corrected chi connectivity index (χ1v) is 5.40. The highest BCUT2D eigenvalue weighted by Gasteiger charge is 2.34. The quantitative estimate of drug-likeness (QED) is 0.878. The van der Waals surface area contributed by atoms with E-state index < -0.39 is 6.09 Å². The lowest BCUT2D eigenvalue weighted by Gasteiger charge is -2.21. The summed E-state index contributed by atoms with van der Waals surface area (Å²) in [5, 5.41) is 9.50. The molecule has 1 fully saturated rings. The molecule has 2 rings (SSSR count). The smallest absolute Gasteiger partial charge is 0.410 e. The minimum absolute atomic E-state index is 0.0872. The van der Waals surface area contributed by atoms with Crippen molar-refractivity contribution >= 4 is 17.7 Å². The first kappa shape index (κ1) is 11.2. The number of carbonyl (C=O) groups excluding carboxylic acids is 1. The van der Waals surface area contributed by atoms with Gasteiger partial charge in [0.25, 0.3) is 0 Å². The van der Waals surface area contributed by atoms with Gasteiger partial charge in [0, 0.05) is 11.6 Å². The Kier molecular flexibility index (Phi) is 3.31. The molecule has 1 heterocycles. The molecule has 1 aliphatic heterocycles. The summed E-state index contributed by atoms with van der Waals surface area (Å²) in [5.41, 5.74) is 0.850. The molecule has 0 aromatic heterocycles. The van der Waals surface area contributed by atoms with Crippen molar-refractivity contribution in [3.8, 4) is 0 Å². The second kappa shape index (κ2) is 4.72. The topological polar surface area (TPSA) is 49.8 Å². The molecule has 1 saturated heterocycles. The van der Waals surface area contributed by atoms with Crippen molar-refractivity contribution in [3.63, 3.8) is 0 Å². The lowest BCUT2D eigenvalue weighted by molar-refractivity contribution is 0.148. The fraction of sp³-hybridized carbons (Fsp3) is 0.364. The number of benzene rings is 1. The zero-order valence-electron chi connectivity index (χ0n) is 8.60. The molecule has 16 heavy (non-hydrogen) atoms. The summed E-state index contributed by atoms with van der Waals surface area (Å²) in [6.45, 7) is 0.452. The SMILES string of the molecule is O=C1OCC(c2ccccc2Cl)N1CCO. The number of ether oxygens (including phenoxy) is 1. The van der Waals surface area contributed by atoms with Crippen LogP contribution < -0.4 is 0 Å². The molecule has 1 aromatic carbocycles. The van der Waals surface area contributed by atoms with Crippen LogP contribution in [-0.2, 0) is 4.74 Å². The van der Waals surface area contributed by atoms with Crippen LogP contribution in [0.5, 0.6) is 0 Å². The number of cyclic esters (lactones) is 1. The lowest BCUT2D eigenvalue weighted by atomic mass is 10.1. The number of β-amino-alcohol motifs (C(OH)–C–C–N with tert-alkyl or cyclic N) is 1. The van der Waals surface area contributed by atoms with Gasteiger partial charge in [0.2, 0.25) is 0 Å². The van der Waals surface area contributed by atoms with E-state index >= 15 is 0 Å². The first-order valence-electron chi connectivity index (χ1n) is 5.02. The Morgan fingerprint density at radius 2 is 2.25 bits per heavy atom. The van der Waals surface area contributed by atoms with Gasteiger partial charge >= 0.3 is 6.09 Å². The molecule has 0 radical (unpaired) electrons. The standard InChI is InChI=1S/C11H12ClNO3/c12-9-4-2-1-3-8(9)10-7-16-11(15)13(10)5-6-14/h1-4,10,14H,5-7H2. The van der Waals surface area contributed by atoms with E-state index in [4.69, 9.17) is 21.4 Å². The van der Waals surface area contributed by atoms with E-state index in [-0.39, 0.29) is 25.8 Å². The predicted molar refractivity (Wildman–Crippen MR) is 59.3 cm³/mol. The zero-order chi connectivity index (χ0) is 11.5. The van der Waals surface area contributed by atoms with Gasteiger partial charge in [-0.05, 0) is 11.6 Å². The van der Waals surface area contributed by atoms with Gasteiger partial charge in [-0.3, -0.25) is 4.90 Å². The molecule has 1 amide bonds. The van der Waals surface area contributed by atoms with E-state index in [9.17, 15) is 4.79 Å². The van der Waals surface area contributed by atoms with Gasteiger partial charge in [-0.1, -0.05) is 29.8 Å². The maximum absolute atomic E-state index is 11.4. The van der Waals surface area contributed by atoms with Crippen LogP contribution in [0.25, 0.3) is 0 Å². The van der Waals surface area contributed by atoms with E-state index in [2.05, 4.69) is 0 Å². The van der Waals surface area contributed by atoms with E-state index in [1.165, 1.54) is 4.90 Å². The van der Waals surface area contributed by atoms with Gasteiger partial charge in [0.15, 0.2) is 0 Å². The Morgan fingerprint density at radius 3 is 2.94 bits per heavy atom. The van der Waals surface area contributed by atoms with Crippen LogP contribution in [0.1, 0.15) is 11.6 Å². The lowest BCUT2D eigenvalue weighted by Crippen LogP contribution is -2.30. The molecule has 0 spiro atoms. The molecule has 1 aromatic rings. The van der Waals surface area contributed by atoms with Crippen molar-refractivity contribution in [2.75, 3.05) is 19.8 Å². The third-order valence-electron chi connectivity index (χ3n) is 2.58. The largest absolute Gasteiger partial charge is 0.447 e. The first-order chi connectivity index (χ1) is 7.74. The van der Waals surface area contributed by atoms with E-state index in [1.54, 1.807) is 6.07 Å². The van der Waals surface area contributed by atoms with Crippen LogP contribution in [0.4, 0.5) is 4.79 Å². The average molecular weight is 242 g/mol. The third-order valence-corrected chi connectivity index (χ3v) is 2.92. The second-order valence-corrected chi connectivity index (χ2v) is 3.94. The van der Waals surface area contributed by atoms with Crippen LogP contribution in [-0.4, -0.2) is 35.9 Å². The van der Waals surface area contributed by atoms with Crippen molar-refractivity contribution in [1.29, 1.82) is 0 Å². The molecule has 0 bridgehead atoms. The molecule has 1 aliphatic rings. The Labute approximate surface area is 98.4 Å². The normalized spacial score (nSPS) is 20.0. The number of halogens is 1. The number of aliphatic hydroxyl groups is 1. The average Bonchev–Trinajstić information content (AvgIpc) is 2.62. The monoisotopic (exact) mass is 241 g/mol. The molecule has 1 atom stereocenters. The number of aliphatic hydroxyl groups excluding tert-OH is 1. The molecule has 4 nitrogen and oxygen atoms in total. The van der Waals surface area contributed by atoms with Crippen LogP contribution >= 0.6 is 11.6 Å². The predicted octanol–water partition coefficient (Wildman–Crippen LogP) is 1.83. The van der Waals surface area contributed by atoms with Crippen molar-refractivity contribution in [2.24, 2.45) is 0 Å². The summed E-state index contributed by atoms with van der Waals surface area (Å²) in [4.78, 5) is 12.9. The van der Waals surface area contributed by atoms with E-state index in [1.807, 2.05) is 18.2 Å². The van der Waals surface area contributed by atoms with Crippen molar-refractivity contribution in [2.45, 2.75) is 6.04 Å². The Morgan fingerprint density at radius 1 is 1.50 bits per heavy atom. The molecule has 86 valence electrons. The highest BCUT2D eigenvalue weighted by atomic mass is 35.5. The van der Waals surface area contributed by atoms with Gasteiger partial charge in [-0.15, -0.1) is 0 Å². The second-order valence-electron chi connectivity index (χ2n) is 3.53. The molecule has 0 aliphatic carbocycles.